The summed E-state index contributed by atoms with van der Waals surface area (Å²) in [4.78, 5) is 9.44. The summed E-state index contributed by atoms with van der Waals surface area (Å²) in [6.07, 6.45) is 2.00. The van der Waals surface area contributed by atoms with Crippen LogP contribution in [0.15, 0.2) is 23.2 Å². The van der Waals surface area contributed by atoms with E-state index in [0.717, 1.165) is 63.0 Å². The number of aliphatic imine (C=N–C) groups is 1. The average Bonchev–Trinajstić information content (AvgIpc) is 2.79. The zero-order valence-corrected chi connectivity index (χ0v) is 19.5. The number of likely N-dealkylation sites (N-methyl/N-ethyl adjacent to an activating group) is 1. The quantitative estimate of drug-likeness (QED) is 0.326. The van der Waals surface area contributed by atoms with Crippen LogP contribution in [0.2, 0.25) is 0 Å². The van der Waals surface area contributed by atoms with Gasteiger partial charge in [-0.05, 0) is 50.9 Å². The van der Waals surface area contributed by atoms with Crippen LogP contribution in [0.5, 0.6) is 11.5 Å². The number of nitrogens with one attached hydrogen (secondary N) is 2. The lowest BCUT2D eigenvalue weighted by Gasteiger charge is -2.37. The van der Waals surface area contributed by atoms with Crippen molar-refractivity contribution in [2.75, 3.05) is 66.6 Å². The molecule has 1 fully saturated rings. The highest BCUT2D eigenvalue weighted by atomic mass is 16.5. The molecule has 0 aromatic heterocycles. The molecule has 0 spiro atoms. The Bertz CT molecular complexity index is 644. The first-order chi connectivity index (χ1) is 14.6. The second-order valence-corrected chi connectivity index (χ2v) is 7.72. The predicted octanol–water partition coefficient (Wildman–Crippen LogP) is 2.22. The van der Waals surface area contributed by atoms with Gasteiger partial charge in [-0.3, -0.25) is 9.89 Å². The summed E-state index contributed by atoms with van der Waals surface area (Å²) in [6, 6.07) is 6.67. The monoisotopic (exact) mass is 419 g/mol. The third-order valence-electron chi connectivity index (χ3n) is 5.73. The van der Waals surface area contributed by atoms with Gasteiger partial charge in [0, 0.05) is 52.4 Å². The summed E-state index contributed by atoms with van der Waals surface area (Å²) >= 11 is 0. The molecule has 1 aliphatic rings. The first kappa shape index (κ1) is 24.3. The molecule has 1 saturated heterocycles. The molecule has 0 radical (unpaired) electrons. The van der Waals surface area contributed by atoms with Gasteiger partial charge in [0.2, 0.25) is 0 Å². The number of nitrogens with zero attached hydrogens (tertiary/aromatic N) is 3. The fourth-order valence-electron chi connectivity index (χ4n) is 3.76. The predicted molar refractivity (Wildman–Crippen MR) is 125 cm³/mol. The number of piperazine rings is 1. The lowest BCUT2D eigenvalue weighted by Crippen LogP contribution is -2.53. The van der Waals surface area contributed by atoms with Crippen LogP contribution >= 0.6 is 0 Å². The molecule has 7 nitrogen and oxygen atoms in total. The van der Waals surface area contributed by atoms with E-state index in [0.29, 0.717) is 12.6 Å². The zero-order chi connectivity index (χ0) is 21.8. The van der Waals surface area contributed by atoms with Gasteiger partial charge in [0.25, 0.3) is 0 Å². The second-order valence-electron chi connectivity index (χ2n) is 7.72. The number of hydrogen-bond acceptors (Lipinski definition) is 5. The summed E-state index contributed by atoms with van der Waals surface area (Å²) in [5, 5.41) is 6.91. The van der Waals surface area contributed by atoms with Crippen molar-refractivity contribution in [2.24, 2.45) is 4.99 Å². The largest absolute Gasteiger partial charge is 0.493 e. The van der Waals surface area contributed by atoms with E-state index < -0.39 is 0 Å². The van der Waals surface area contributed by atoms with Gasteiger partial charge >= 0.3 is 0 Å². The summed E-state index contributed by atoms with van der Waals surface area (Å²) in [7, 11) is 3.50. The summed E-state index contributed by atoms with van der Waals surface area (Å²) < 4.78 is 11.0. The first-order valence-corrected chi connectivity index (χ1v) is 11.3. The molecule has 0 saturated carbocycles. The third kappa shape index (κ3) is 7.69. The zero-order valence-electron chi connectivity index (χ0n) is 19.5. The molecule has 170 valence electrons. The van der Waals surface area contributed by atoms with Crippen molar-refractivity contribution in [1.29, 1.82) is 0 Å². The number of hydrogen-bond donors (Lipinski definition) is 2. The van der Waals surface area contributed by atoms with Crippen molar-refractivity contribution in [2.45, 2.75) is 39.7 Å². The molecule has 0 amide bonds. The van der Waals surface area contributed by atoms with Gasteiger partial charge in [-0.15, -0.1) is 0 Å². The van der Waals surface area contributed by atoms with Gasteiger partial charge in [0.1, 0.15) is 0 Å². The molecule has 1 heterocycles. The van der Waals surface area contributed by atoms with E-state index in [1.54, 1.807) is 7.11 Å². The number of benzene rings is 1. The van der Waals surface area contributed by atoms with Crippen LogP contribution in [0, 0.1) is 0 Å². The normalized spacial score (nSPS) is 16.9. The second kappa shape index (κ2) is 13.3. The van der Waals surface area contributed by atoms with E-state index in [-0.39, 0.29) is 0 Å². The van der Waals surface area contributed by atoms with Gasteiger partial charge in [0.15, 0.2) is 17.5 Å². The molecule has 0 bridgehead atoms. The van der Waals surface area contributed by atoms with Crippen LogP contribution in [0.4, 0.5) is 0 Å². The van der Waals surface area contributed by atoms with Crippen LogP contribution in [0.25, 0.3) is 0 Å². The van der Waals surface area contributed by atoms with E-state index in [1.807, 2.05) is 20.0 Å². The first-order valence-electron chi connectivity index (χ1n) is 11.3. The van der Waals surface area contributed by atoms with Gasteiger partial charge in [-0.25, -0.2) is 0 Å². The summed E-state index contributed by atoms with van der Waals surface area (Å²) in [5.41, 5.74) is 1.25. The molecular weight excluding hydrogens is 378 g/mol. The van der Waals surface area contributed by atoms with Crippen LogP contribution in [0.1, 0.15) is 32.8 Å². The maximum Gasteiger partial charge on any atom is 0.191 e. The molecular formula is C23H41N5O2. The molecule has 2 N–H and O–H groups in total. The van der Waals surface area contributed by atoms with Crippen molar-refractivity contribution in [3.8, 4) is 11.5 Å². The van der Waals surface area contributed by atoms with E-state index in [1.165, 1.54) is 18.7 Å². The van der Waals surface area contributed by atoms with E-state index in [4.69, 9.17) is 9.47 Å². The molecule has 0 aliphatic carbocycles. The Labute approximate surface area is 182 Å². The minimum absolute atomic E-state index is 0.499. The van der Waals surface area contributed by atoms with Crippen LogP contribution in [0.3, 0.4) is 0 Å². The molecule has 2 rings (SSSR count). The highest BCUT2D eigenvalue weighted by Crippen LogP contribution is 2.28. The molecule has 30 heavy (non-hydrogen) atoms. The van der Waals surface area contributed by atoms with Gasteiger partial charge in [-0.2, -0.15) is 0 Å². The number of rotatable bonds is 11. The van der Waals surface area contributed by atoms with Crippen LogP contribution in [-0.2, 0) is 6.42 Å². The molecule has 1 atom stereocenters. The Morgan fingerprint density at radius 3 is 2.53 bits per heavy atom. The molecule has 1 unspecified atom stereocenters. The Hall–Kier alpha value is -1.99. The van der Waals surface area contributed by atoms with Gasteiger partial charge < -0.3 is 25.0 Å². The standard InChI is InChI=1S/C23H41N5O2/c1-6-27-13-15-28(16-14-27)19(3)18-26-23(24-4)25-12-8-9-20-10-11-21(29-5)22(17-20)30-7-2/h10-11,17,19H,6-9,12-16,18H2,1-5H3,(H2,24,25,26). The SMILES string of the molecule is CCOc1cc(CCCNC(=NC)NCC(C)N2CCN(CC)CC2)ccc1OC. The lowest BCUT2D eigenvalue weighted by molar-refractivity contribution is 0.107. The number of guanidine groups is 1. The Morgan fingerprint density at radius 2 is 1.90 bits per heavy atom. The van der Waals surface area contributed by atoms with Gasteiger partial charge in [-0.1, -0.05) is 13.0 Å². The number of aryl methyl sites for hydroxylation is 1. The van der Waals surface area contributed by atoms with E-state index in [9.17, 15) is 0 Å². The maximum atomic E-state index is 5.67. The lowest BCUT2D eigenvalue weighted by atomic mass is 10.1. The summed E-state index contributed by atoms with van der Waals surface area (Å²) in [6.45, 7) is 14.7. The number of methoxy groups -OCH3 is 1. The third-order valence-corrected chi connectivity index (χ3v) is 5.73. The van der Waals surface area contributed by atoms with Crippen molar-refractivity contribution in [3.05, 3.63) is 23.8 Å². The van der Waals surface area contributed by atoms with Crippen molar-refractivity contribution in [3.63, 3.8) is 0 Å². The Morgan fingerprint density at radius 1 is 1.13 bits per heavy atom. The van der Waals surface area contributed by atoms with Crippen molar-refractivity contribution >= 4 is 5.96 Å². The van der Waals surface area contributed by atoms with E-state index >= 15 is 0 Å². The molecule has 1 aliphatic heterocycles. The maximum absolute atomic E-state index is 5.67. The number of ether oxygens (including phenoxy) is 2. The van der Waals surface area contributed by atoms with Gasteiger partial charge in [0.05, 0.1) is 13.7 Å². The fourth-order valence-corrected chi connectivity index (χ4v) is 3.76. The summed E-state index contributed by atoms with van der Waals surface area (Å²) in [5.74, 6) is 2.48. The average molecular weight is 420 g/mol. The minimum atomic E-state index is 0.499. The van der Waals surface area contributed by atoms with Crippen LogP contribution in [-0.4, -0.2) is 88.4 Å². The van der Waals surface area contributed by atoms with Crippen molar-refractivity contribution < 1.29 is 9.47 Å². The fraction of sp³-hybridized carbons (Fsp3) is 0.696. The van der Waals surface area contributed by atoms with Crippen LogP contribution < -0.4 is 20.1 Å². The highest BCUT2D eigenvalue weighted by Gasteiger charge is 2.20. The van der Waals surface area contributed by atoms with E-state index in [2.05, 4.69) is 51.4 Å². The minimum Gasteiger partial charge on any atom is -0.493 e. The molecule has 1 aromatic rings. The smallest absolute Gasteiger partial charge is 0.191 e. The Kier molecular flexibility index (Phi) is 10.8. The Balaban J connectivity index is 1.69. The highest BCUT2D eigenvalue weighted by molar-refractivity contribution is 5.79. The van der Waals surface area contributed by atoms with Crippen molar-refractivity contribution in [1.82, 2.24) is 20.4 Å². The molecule has 1 aromatic carbocycles. The topological polar surface area (TPSA) is 61.4 Å². The molecule has 7 heteroatoms.